The van der Waals surface area contributed by atoms with Crippen molar-refractivity contribution in [2.75, 3.05) is 13.4 Å². The molecular weight excluding hydrogens is 410 g/mol. The van der Waals surface area contributed by atoms with Gasteiger partial charge in [0.15, 0.2) is 9.84 Å². The average Bonchev–Trinajstić information content (AvgIpc) is 3.16. The van der Waals surface area contributed by atoms with Gasteiger partial charge in [0.2, 0.25) is 5.78 Å². The van der Waals surface area contributed by atoms with Gasteiger partial charge in [-0.05, 0) is 42.5 Å². The van der Waals surface area contributed by atoms with Crippen molar-refractivity contribution in [2.45, 2.75) is 4.90 Å². The second-order valence-electron chi connectivity index (χ2n) is 7.29. The minimum absolute atomic E-state index is 0.275. The summed E-state index contributed by atoms with van der Waals surface area (Å²) < 4.78 is 31.1. The fourth-order valence-electron chi connectivity index (χ4n) is 3.68. The van der Waals surface area contributed by atoms with E-state index in [4.69, 9.17) is 14.7 Å². The van der Waals surface area contributed by atoms with Gasteiger partial charge in [-0.15, -0.1) is 0 Å². The zero-order valence-corrected chi connectivity index (χ0v) is 17.8. The van der Waals surface area contributed by atoms with Crippen molar-refractivity contribution in [3.8, 4) is 28.3 Å². The van der Waals surface area contributed by atoms with Crippen molar-refractivity contribution in [1.82, 2.24) is 14.4 Å². The van der Waals surface area contributed by atoms with Gasteiger partial charge in [0.25, 0.3) is 0 Å². The van der Waals surface area contributed by atoms with Gasteiger partial charge in [0.05, 0.1) is 34.4 Å². The lowest BCUT2D eigenvalue weighted by molar-refractivity contribution is 0.415. The van der Waals surface area contributed by atoms with Crippen LogP contribution in [-0.2, 0) is 9.84 Å². The van der Waals surface area contributed by atoms with Crippen LogP contribution in [0.3, 0.4) is 0 Å². The monoisotopic (exact) mass is 429 g/mol. The van der Waals surface area contributed by atoms with Crippen LogP contribution >= 0.6 is 0 Å². The summed E-state index contributed by atoms with van der Waals surface area (Å²) in [6.07, 6.45) is 1.20. The Balaban J connectivity index is 1.79. The third-order valence-electron chi connectivity index (χ3n) is 5.22. The molecule has 0 unspecified atom stereocenters. The highest BCUT2D eigenvalue weighted by Gasteiger charge is 2.15. The van der Waals surface area contributed by atoms with Gasteiger partial charge in [0, 0.05) is 17.4 Å². The molecule has 0 aliphatic carbocycles. The maximum Gasteiger partial charge on any atom is 0.235 e. The van der Waals surface area contributed by atoms with Crippen molar-refractivity contribution in [1.29, 1.82) is 0 Å². The predicted molar refractivity (Wildman–Crippen MR) is 121 cm³/mol. The quantitative estimate of drug-likeness (QED) is 0.416. The summed E-state index contributed by atoms with van der Waals surface area (Å²) in [5, 5.41) is 0. The van der Waals surface area contributed by atoms with E-state index in [1.807, 2.05) is 59.0 Å². The molecule has 6 nitrogen and oxygen atoms in total. The van der Waals surface area contributed by atoms with Crippen LogP contribution in [-0.4, -0.2) is 36.2 Å². The van der Waals surface area contributed by atoms with Crippen LogP contribution in [0.1, 0.15) is 0 Å². The van der Waals surface area contributed by atoms with Crippen LogP contribution in [0.5, 0.6) is 5.75 Å². The molecule has 7 heteroatoms. The number of aromatic nitrogens is 3. The lowest BCUT2D eigenvalue weighted by Gasteiger charge is -2.11. The minimum Gasteiger partial charge on any atom is -0.497 e. The number of para-hydroxylation sites is 2. The van der Waals surface area contributed by atoms with Crippen molar-refractivity contribution >= 4 is 26.6 Å². The summed E-state index contributed by atoms with van der Waals surface area (Å²) >= 11 is 0. The van der Waals surface area contributed by atoms with Gasteiger partial charge in [-0.25, -0.2) is 18.4 Å². The first kappa shape index (κ1) is 19.3. The zero-order chi connectivity index (χ0) is 21.6. The van der Waals surface area contributed by atoms with Gasteiger partial charge in [-0.1, -0.05) is 36.4 Å². The van der Waals surface area contributed by atoms with Crippen LogP contribution in [0.2, 0.25) is 0 Å². The fourth-order valence-corrected chi connectivity index (χ4v) is 4.31. The molecule has 0 bridgehead atoms. The molecule has 0 aliphatic heterocycles. The Labute approximate surface area is 179 Å². The summed E-state index contributed by atoms with van der Waals surface area (Å²) in [7, 11) is -1.62. The van der Waals surface area contributed by atoms with E-state index in [0.717, 1.165) is 33.6 Å². The highest BCUT2D eigenvalue weighted by atomic mass is 32.2. The lowest BCUT2D eigenvalue weighted by atomic mass is 10.1. The second-order valence-corrected chi connectivity index (χ2v) is 9.31. The molecule has 3 aromatic carbocycles. The summed E-state index contributed by atoms with van der Waals surface area (Å²) in [5.74, 6) is 1.33. The van der Waals surface area contributed by atoms with Gasteiger partial charge < -0.3 is 4.74 Å². The summed E-state index contributed by atoms with van der Waals surface area (Å²) in [5.41, 5.74) is 5.21. The Kier molecular flexibility index (Phi) is 4.48. The van der Waals surface area contributed by atoms with E-state index in [9.17, 15) is 8.42 Å². The van der Waals surface area contributed by atoms with E-state index < -0.39 is 9.84 Å². The first-order valence-corrected chi connectivity index (χ1v) is 11.6. The van der Waals surface area contributed by atoms with Crippen molar-refractivity contribution < 1.29 is 13.2 Å². The van der Waals surface area contributed by atoms with Crippen LogP contribution in [0, 0.1) is 0 Å². The summed E-state index contributed by atoms with van der Waals surface area (Å²) in [6.45, 7) is 0. The molecule has 2 aromatic heterocycles. The number of rotatable bonds is 4. The predicted octanol–water partition coefficient (Wildman–Crippen LogP) is 4.63. The molecule has 154 valence electrons. The van der Waals surface area contributed by atoms with Crippen molar-refractivity contribution in [2.24, 2.45) is 0 Å². The number of imidazole rings is 1. The smallest absolute Gasteiger partial charge is 0.235 e. The maximum atomic E-state index is 11.8. The molecule has 0 atom stereocenters. The fraction of sp³-hybridized carbons (Fsp3) is 0.0833. The number of ether oxygens (including phenoxy) is 1. The number of hydrogen-bond donors (Lipinski definition) is 0. The normalized spacial score (nSPS) is 11.8. The average molecular weight is 430 g/mol. The number of hydrogen-bond acceptors (Lipinski definition) is 5. The van der Waals surface area contributed by atoms with Gasteiger partial charge in [-0.2, -0.15) is 0 Å². The third kappa shape index (κ3) is 3.43. The number of fused-ring (bicyclic) bond motifs is 3. The van der Waals surface area contributed by atoms with Crippen molar-refractivity contribution in [3.05, 3.63) is 78.9 Å². The summed E-state index contributed by atoms with van der Waals surface area (Å²) in [6, 6.07) is 24.5. The molecule has 0 spiro atoms. The number of methoxy groups -OCH3 is 1. The lowest BCUT2D eigenvalue weighted by Crippen LogP contribution is -1.99. The second kappa shape index (κ2) is 7.21. The Morgan fingerprint density at radius 1 is 0.839 bits per heavy atom. The Morgan fingerprint density at radius 3 is 2.35 bits per heavy atom. The number of benzene rings is 3. The topological polar surface area (TPSA) is 73.6 Å². The van der Waals surface area contributed by atoms with E-state index in [1.54, 1.807) is 31.4 Å². The molecule has 0 saturated heterocycles. The van der Waals surface area contributed by atoms with E-state index in [0.29, 0.717) is 11.5 Å². The first-order chi connectivity index (χ1) is 14.9. The number of nitrogens with zero attached hydrogens (tertiary/aromatic N) is 3. The molecule has 0 amide bonds. The van der Waals surface area contributed by atoms with Gasteiger partial charge >= 0.3 is 0 Å². The molecule has 5 rings (SSSR count). The SMILES string of the molecule is COc1cccc(-c2cc(-c3ccc(S(C)(=O)=O)cc3)nc3nc4ccccc4n23)c1. The standard InChI is InChI=1S/C24H19N3O3S/c1-30-18-7-5-6-17(14-18)23-15-21(16-10-12-19(13-11-16)31(2,28)29)26-24-25-20-8-3-4-9-22(20)27(23)24/h3-15H,1-2H3. The van der Waals surface area contributed by atoms with E-state index in [1.165, 1.54) is 6.26 Å². The molecule has 2 heterocycles. The molecule has 5 aromatic rings. The van der Waals surface area contributed by atoms with Crippen molar-refractivity contribution in [3.63, 3.8) is 0 Å². The largest absolute Gasteiger partial charge is 0.497 e. The molecule has 0 radical (unpaired) electrons. The maximum absolute atomic E-state index is 11.8. The van der Waals surface area contributed by atoms with Gasteiger partial charge in [0.1, 0.15) is 5.75 Å². The van der Waals surface area contributed by atoms with Crippen LogP contribution in [0.15, 0.2) is 83.8 Å². The van der Waals surface area contributed by atoms with Gasteiger partial charge in [-0.3, -0.25) is 4.40 Å². The van der Waals surface area contributed by atoms with Crippen LogP contribution < -0.4 is 4.74 Å². The van der Waals surface area contributed by atoms with E-state index >= 15 is 0 Å². The summed E-state index contributed by atoms with van der Waals surface area (Å²) in [4.78, 5) is 9.76. The zero-order valence-electron chi connectivity index (χ0n) is 17.0. The third-order valence-corrected chi connectivity index (χ3v) is 6.35. The van der Waals surface area contributed by atoms with E-state index in [-0.39, 0.29) is 4.90 Å². The highest BCUT2D eigenvalue weighted by molar-refractivity contribution is 7.90. The van der Waals surface area contributed by atoms with Crippen LogP contribution in [0.25, 0.3) is 39.3 Å². The minimum atomic E-state index is -3.26. The van der Waals surface area contributed by atoms with E-state index in [2.05, 4.69) is 0 Å². The molecule has 0 aliphatic rings. The molecule has 0 saturated carbocycles. The molecular formula is C24H19N3O3S. The highest BCUT2D eigenvalue weighted by Crippen LogP contribution is 2.31. The molecule has 31 heavy (non-hydrogen) atoms. The Hall–Kier alpha value is -3.71. The van der Waals surface area contributed by atoms with Crippen LogP contribution in [0.4, 0.5) is 0 Å². The Bertz CT molecular complexity index is 1540. The molecule has 0 fully saturated rings. The Morgan fingerprint density at radius 2 is 1.61 bits per heavy atom. The number of sulfone groups is 1. The molecule has 0 N–H and O–H groups in total. The first-order valence-electron chi connectivity index (χ1n) is 9.67.